The largest absolute Gasteiger partial charge is 0.350 e. The summed E-state index contributed by atoms with van der Waals surface area (Å²) in [6.45, 7) is 6.04. The minimum atomic E-state index is -0.338. The van der Waals surface area contributed by atoms with E-state index in [9.17, 15) is 9.59 Å². The zero-order chi connectivity index (χ0) is 21.8. The first-order valence-corrected chi connectivity index (χ1v) is 9.93. The van der Waals surface area contributed by atoms with Gasteiger partial charge in [0.25, 0.3) is 5.91 Å². The van der Waals surface area contributed by atoms with E-state index in [4.69, 9.17) is 11.0 Å². The first-order chi connectivity index (χ1) is 13.9. The lowest BCUT2D eigenvalue weighted by atomic mass is 10.0. The quantitative estimate of drug-likeness (QED) is 0.469. The Morgan fingerprint density at radius 2 is 2.07 bits per heavy atom. The number of likely N-dealkylation sites (N-methyl/N-ethyl adjacent to an activating group) is 1. The Morgan fingerprint density at radius 1 is 1.34 bits per heavy atom. The van der Waals surface area contributed by atoms with Crippen LogP contribution in [-0.4, -0.2) is 42.4 Å². The zero-order valence-electron chi connectivity index (χ0n) is 17.8. The lowest BCUT2D eigenvalue weighted by molar-refractivity contribution is -0.132. The average molecular weight is 397 g/mol. The molecular weight excluding hydrogens is 364 g/mol. The standard InChI is InChI=1S/C23H32N4O2/c1-5-9-19(6-2)23(29)26-16-21(7-3)27(4)22(28)14-20(25)13-17-10-8-11-18(12-17)15-24/h5-6,8-12,20-21H,7,13-14,16,25H2,1-4H3,(H,26,29)/b9-5-,19-6+/t20?,21-/m0/s1. The van der Waals surface area contributed by atoms with Gasteiger partial charge in [-0.3, -0.25) is 9.59 Å². The van der Waals surface area contributed by atoms with Gasteiger partial charge in [-0.05, 0) is 44.4 Å². The van der Waals surface area contributed by atoms with Crippen molar-refractivity contribution >= 4 is 11.8 Å². The van der Waals surface area contributed by atoms with Crippen LogP contribution in [0.15, 0.2) is 48.1 Å². The normalized spacial score (nSPS) is 13.6. The fourth-order valence-electron chi connectivity index (χ4n) is 3.06. The number of amides is 2. The number of nitriles is 1. The number of nitrogens with zero attached hydrogens (tertiary/aromatic N) is 2. The molecule has 0 saturated carbocycles. The van der Waals surface area contributed by atoms with Crippen molar-refractivity contribution in [3.63, 3.8) is 0 Å². The number of nitrogens with one attached hydrogen (secondary N) is 1. The molecule has 1 aromatic carbocycles. The van der Waals surface area contributed by atoms with Gasteiger partial charge >= 0.3 is 0 Å². The van der Waals surface area contributed by atoms with E-state index in [1.54, 1.807) is 36.2 Å². The third kappa shape index (κ3) is 7.92. The van der Waals surface area contributed by atoms with E-state index >= 15 is 0 Å². The van der Waals surface area contributed by atoms with E-state index in [1.807, 2.05) is 39.0 Å². The van der Waals surface area contributed by atoms with Gasteiger partial charge in [0.2, 0.25) is 5.91 Å². The molecule has 0 heterocycles. The van der Waals surface area contributed by atoms with Crippen LogP contribution in [0.2, 0.25) is 0 Å². The number of carbonyl (C=O) groups excluding carboxylic acids is 2. The van der Waals surface area contributed by atoms with Gasteiger partial charge in [-0.2, -0.15) is 5.26 Å². The number of hydrogen-bond acceptors (Lipinski definition) is 4. The highest BCUT2D eigenvalue weighted by molar-refractivity contribution is 5.96. The molecule has 2 amide bonds. The molecule has 0 aliphatic heterocycles. The third-order valence-electron chi connectivity index (χ3n) is 4.82. The molecule has 0 spiro atoms. The summed E-state index contributed by atoms with van der Waals surface area (Å²) < 4.78 is 0. The molecule has 0 bridgehead atoms. The van der Waals surface area contributed by atoms with E-state index in [1.165, 1.54) is 0 Å². The minimum Gasteiger partial charge on any atom is -0.350 e. The Morgan fingerprint density at radius 3 is 2.66 bits per heavy atom. The van der Waals surface area contributed by atoms with E-state index in [2.05, 4.69) is 11.4 Å². The van der Waals surface area contributed by atoms with Gasteiger partial charge in [-0.1, -0.05) is 37.3 Å². The number of nitrogens with two attached hydrogens (primary N) is 1. The number of benzene rings is 1. The van der Waals surface area contributed by atoms with Crippen LogP contribution >= 0.6 is 0 Å². The van der Waals surface area contributed by atoms with Crippen molar-refractivity contribution in [1.82, 2.24) is 10.2 Å². The van der Waals surface area contributed by atoms with Gasteiger partial charge < -0.3 is 16.0 Å². The second kappa shape index (κ2) is 12.5. The highest BCUT2D eigenvalue weighted by atomic mass is 16.2. The van der Waals surface area contributed by atoms with Gasteiger partial charge in [0, 0.05) is 37.7 Å². The lowest BCUT2D eigenvalue weighted by Gasteiger charge is -2.28. The molecule has 0 aliphatic rings. The average Bonchev–Trinajstić information content (AvgIpc) is 2.71. The van der Waals surface area contributed by atoms with Gasteiger partial charge in [-0.15, -0.1) is 0 Å². The molecular formula is C23H32N4O2. The predicted molar refractivity (Wildman–Crippen MR) is 116 cm³/mol. The first-order valence-electron chi connectivity index (χ1n) is 9.93. The van der Waals surface area contributed by atoms with Crippen LogP contribution in [0.25, 0.3) is 0 Å². The molecule has 1 aromatic rings. The molecule has 0 fully saturated rings. The maximum absolute atomic E-state index is 12.7. The first kappa shape index (κ1) is 24.1. The van der Waals surface area contributed by atoms with Crippen molar-refractivity contribution in [2.45, 2.75) is 52.1 Å². The summed E-state index contributed by atoms with van der Waals surface area (Å²) in [6.07, 6.45) is 6.77. The van der Waals surface area contributed by atoms with Crippen molar-refractivity contribution in [1.29, 1.82) is 5.26 Å². The van der Waals surface area contributed by atoms with E-state index in [-0.39, 0.29) is 30.3 Å². The Labute approximate surface area is 174 Å². The molecule has 6 nitrogen and oxygen atoms in total. The van der Waals surface area contributed by atoms with Gasteiger partial charge in [0.1, 0.15) is 0 Å². The maximum Gasteiger partial charge on any atom is 0.251 e. The Balaban J connectivity index is 2.62. The van der Waals surface area contributed by atoms with Crippen molar-refractivity contribution in [2.24, 2.45) is 5.73 Å². The van der Waals surface area contributed by atoms with E-state index in [0.717, 1.165) is 12.0 Å². The molecule has 29 heavy (non-hydrogen) atoms. The van der Waals surface area contributed by atoms with Crippen LogP contribution in [0.1, 0.15) is 44.7 Å². The zero-order valence-corrected chi connectivity index (χ0v) is 17.8. The van der Waals surface area contributed by atoms with Crippen LogP contribution in [0.5, 0.6) is 0 Å². The molecule has 0 saturated heterocycles. The topological polar surface area (TPSA) is 99.2 Å². The third-order valence-corrected chi connectivity index (χ3v) is 4.82. The molecule has 0 radical (unpaired) electrons. The fraction of sp³-hybridized carbons (Fsp3) is 0.435. The molecule has 6 heteroatoms. The van der Waals surface area contributed by atoms with Gasteiger partial charge in [0.15, 0.2) is 0 Å². The second-order valence-electron chi connectivity index (χ2n) is 7.00. The van der Waals surface area contributed by atoms with Crippen LogP contribution in [-0.2, 0) is 16.0 Å². The maximum atomic E-state index is 12.7. The molecule has 1 rings (SSSR count). The number of carbonyl (C=O) groups is 2. The fourth-order valence-corrected chi connectivity index (χ4v) is 3.06. The van der Waals surface area contributed by atoms with Crippen LogP contribution in [0.3, 0.4) is 0 Å². The van der Waals surface area contributed by atoms with Crippen molar-refractivity contribution in [3.8, 4) is 6.07 Å². The van der Waals surface area contributed by atoms with Crippen LogP contribution in [0, 0.1) is 11.3 Å². The van der Waals surface area contributed by atoms with E-state index in [0.29, 0.717) is 24.1 Å². The van der Waals surface area contributed by atoms with E-state index < -0.39 is 0 Å². The Bertz CT molecular complexity index is 792. The SMILES string of the molecule is C/C=C\C(=C/C)C(=O)NC[C@H](CC)N(C)C(=O)CC(N)Cc1cccc(C#N)c1. The summed E-state index contributed by atoms with van der Waals surface area (Å²) in [7, 11) is 1.74. The molecule has 2 atom stereocenters. The molecule has 0 aromatic heterocycles. The number of allylic oxidation sites excluding steroid dienone is 2. The summed E-state index contributed by atoms with van der Waals surface area (Å²) in [4.78, 5) is 26.6. The molecule has 3 N–H and O–H groups in total. The van der Waals surface area contributed by atoms with Gasteiger partial charge in [0.05, 0.1) is 11.6 Å². The molecule has 1 unspecified atom stereocenters. The summed E-state index contributed by atoms with van der Waals surface area (Å²) in [5.41, 5.74) is 8.29. The summed E-state index contributed by atoms with van der Waals surface area (Å²) >= 11 is 0. The van der Waals surface area contributed by atoms with Crippen molar-refractivity contribution in [2.75, 3.05) is 13.6 Å². The molecule has 156 valence electrons. The Kier molecular flexibility index (Phi) is 10.4. The summed E-state index contributed by atoms with van der Waals surface area (Å²) in [5, 5.41) is 11.9. The van der Waals surface area contributed by atoms with Crippen LogP contribution < -0.4 is 11.1 Å². The Hall–Kier alpha value is -2.91. The van der Waals surface area contributed by atoms with Gasteiger partial charge in [-0.25, -0.2) is 0 Å². The minimum absolute atomic E-state index is 0.0604. The predicted octanol–water partition coefficient (Wildman–Crippen LogP) is 2.69. The molecule has 0 aliphatic carbocycles. The van der Waals surface area contributed by atoms with Crippen molar-refractivity contribution < 1.29 is 9.59 Å². The van der Waals surface area contributed by atoms with Crippen molar-refractivity contribution in [3.05, 3.63) is 59.2 Å². The number of rotatable bonds is 10. The summed E-state index contributed by atoms with van der Waals surface area (Å²) in [5.74, 6) is -0.214. The number of hydrogen-bond donors (Lipinski definition) is 2. The lowest BCUT2D eigenvalue weighted by Crippen LogP contribution is -2.46. The highest BCUT2D eigenvalue weighted by Gasteiger charge is 2.21. The van der Waals surface area contributed by atoms with Crippen LogP contribution in [0.4, 0.5) is 0 Å². The smallest absolute Gasteiger partial charge is 0.251 e. The second-order valence-corrected chi connectivity index (χ2v) is 7.00. The monoisotopic (exact) mass is 396 g/mol. The highest BCUT2D eigenvalue weighted by Crippen LogP contribution is 2.10. The summed E-state index contributed by atoms with van der Waals surface area (Å²) in [6, 6.07) is 8.92.